The minimum absolute atomic E-state index is 0.0860. The molecule has 7 heteroatoms. The van der Waals surface area contributed by atoms with E-state index in [1.54, 1.807) is 7.11 Å². The summed E-state index contributed by atoms with van der Waals surface area (Å²) in [6.07, 6.45) is 5.36. The van der Waals surface area contributed by atoms with Crippen molar-refractivity contribution in [3.8, 4) is 17.0 Å². The average Bonchev–Trinajstić information content (AvgIpc) is 2.68. The highest BCUT2D eigenvalue weighted by Gasteiger charge is 2.41. The number of fused-ring (bicyclic) bond motifs is 3. The van der Waals surface area contributed by atoms with Crippen LogP contribution in [0.1, 0.15) is 50.7 Å². The van der Waals surface area contributed by atoms with Crippen LogP contribution in [0.15, 0.2) is 29.7 Å². The Morgan fingerprint density at radius 1 is 1.11 bits per heavy atom. The number of nitrogen functional groups attached to an aromatic ring is 1. The van der Waals surface area contributed by atoms with Crippen LogP contribution in [0.2, 0.25) is 0 Å². The topological polar surface area (TPSA) is 109 Å². The summed E-state index contributed by atoms with van der Waals surface area (Å²) in [7, 11) is 1.66. The van der Waals surface area contributed by atoms with Crippen molar-refractivity contribution in [2.24, 2.45) is 10.9 Å². The Morgan fingerprint density at radius 3 is 2.57 bits per heavy atom. The van der Waals surface area contributed by atoms with Crippen molar-refractivity contribution in [3.63, 3.8) is 0 Å². The molecule has 1 heterocycles. The monoisotopic (exact) mass is 381 g/mol. The third kappa shape index (κ3) is 3.09. The number of ether oxygens (including phenoxy) is 1. The van der Waals surface area contributed by atoms with Crippen molar-refractivity contribution in [1.82, 2.24) is 9.97 Å². The van der Waals surface area contributed by atoms with E-state index in [1.165, 1.54) is 6.33 Å². The lowest BCUT2D eigenvalue weighted by Crippen LogP contribution is -2.37. The molecule has 0 spiro atoms. The second-order valence-electron chi connectivity index (χ2n) is 8.10. The molecule has 1 fully saturated rings. The van der Waals surface area contributed by atoms with Gasteiger partial charge in [0.2, 0.25) is 0 Å². The first-order valence-electron chi connectivity index (χ1n) is 9.71. The first kappa shape index (κ1) is 18.7. The van der Waals surface area contributed by atoms with Crippen molar-refractivity contribution in [3.05, 3.63) is 35.7 Å². The van der Waals surface area contributed by atoms with Gasteiger partial charge in [0, 0.05) is 28.1 Å². The van der Waals surface area contributed by atoms with Gasteiger partial charge >= 0.3 is 0 Å². The normalized spacial score (nSPS) is 24.4. The van der Waals surface area contributed by atoms with Gasteiger partial charge in [-0.2, -0.15) is 0 Å². The lowest BCUT2D eigenvalue weighted by atomic mass is 9.70. The molecule has 0 radical (unpaired) electrons. The van der Waals surface area contributed by atoms with E-state index in [0.717, 1.165) is 59.5 Å². The van der Waals surface area contributed by atoms with Crippen LogP contribution in [-0.4, -0.2) is 34.9 Å². The zero-order chi connectivity index (χ0) is 19.9. The summed E-state index contributed by atoms with van der Waals surface area (Å²) in [5, 5.41) is 4.65. The van der Waals surface area contributed by atoms with E-state index in [4.69, 9.17) is 21.0 Å². The van der Waals surface area contributed by atoms with Gasteiger partial charge in [-0.15, -0.1) is 0 Å². The van der Waals surface area contributed by atoms with Gasteiger partial charge in [-0.3, -0.25) is 0 Å². The Kier molecular flexibility index (Phi) is 4.71. The molecule has 0 bridgehead atoms. The third-order valence-electron chi connectivity index (χ3n) is 5.84. The molecule has 2 aliphatic rings. The predicted molar refractivity (Wildman–Crippen MR) is 109 cm³/mol. The quantitative estimate of drug-likeness (QED) is 0.791. The van der Waals surface area contributed by atoms with Crippen molar-refractivity contribution in [2.75, 3.05) is 12.8 Å². The van der Waals surface area contributed by atoms with Gasteiger partial charge in [0.05, 0.1) is 18.5 Å². The third-order valence-corrected chi connectivity index (χ3v) is 5.84. The van der Waals surface area contributed by atoms with Gasteiger partial charge in [0.15, 0.2) is 0 Å². The van der Waals surface area contributed by atoms with Crippen LogP contribution in [0.5, 0.6) is 5.75 Å². The van der Waals surface area contributed by atoms with Gasteiger partial charge in [-0.1, -0.05) is 5.16 Å². The molecule has 1 saturated carbocycles. The van der Waals surface area contributed by atoms with Gasteiger partial charge in [-0.25, -0.2) is 9.97 Å². The van der Waals surface area contributed by atoms with Gasteiger partial charge in [0.25, 0.3) is 0 Å². The largest absolute Gasteiger partial charge is 0.497 e. The smallest absolute Gasteiger partial charge is 0.131 e. The van der Waals surface area contributed by atoms with E-state index >= 15 is 0 Å². The average molecular weight is 381 g/mol. The number of oxime groups is 1. The Balaban J connectivity index is 1.81. The second kappa shape index (κ2) is 7.05. The molecule has 0 atom stereocenters. The predicted octanol–water partition coefficient (Wildman–Crippen LogP) is 3.02. The Labute approximate surface area is 165 Å². The summed E-state index contributed by atoms with van der Waals surface area (Å²) < 4.78 is 5.45. The van der Waals surface area contributed by atoms with Crippen molar-refractivity contribution < 1.29 is 9.57 Å². The Hall–Kier alpha value is -2.67. The fourth-order valence-corrected chi connectivity index (χ4v) is 4.21. The highest BCUT2D eigenvalue weighted by atomic mass is 16.6. The SMILES string of the molecule is COc1ccc2c(c1)C(=NO[C@H]1CC[C@@H](N)CC1)C(C)(C)c1c(N)ncnc1-2. The highest BCUT2D eigenvalue weighted by molar-refractivity contribution is 6.15. The zero-order valence-electron chi connectivity index (χ0n) is 16.6. The lowest BCUT2D eigenvalue weighted by molar-refractivity contribution is 0.0286. The molecule has 148 valence electrons. The number of benzene rings is 1. The summed E-state index contributed by atoms with van der Waals surface area (Å²) in [6, 6.07) is 6.16. The van der Waals surface area contributed by atoms with Crippen LogP contribution in [0.25, 0.3) is 11.3 Å². The van der Waals surface area contributed by atoms with Crippen molar-refractivity contribution >= 4 is 11.5 Å². The number of hydrogen-bond donors (Lipinski definition) is 2. The fourth-order valence-electron chi connectivity index (χ4n) is 4.21. The molecule has 4 rings (SSSR count). The molecule has 1 aromatic heterocycles. The van der Waals surface area contributed by atoms with E-state index in [0.29, 0.717) is 5.82 Å². The number of aromatic nitrogens is 2. The minimum Gasteiger partial charge on any atom is -0.497 e. The summed E-state index contributed by atoms with van der Waals surface area (Å²) in [4.78, 5) is 14.7. The molecule has 0 aliphatic heterocycles. The van der Waals surface area contributed by atoms with Crippen LogP contribution >= 0.6 is 0 Å². The number of nitrogens with two attached hydrogens (primary N) is 2. The lowest BCUT2D eigenvalue weighted by Gasteiger charge is -2.35. The van der Waals surface area contributed by atoms with Gasteiger partial charge in [-0.05, 0) is 57.7 Å². The number of nitrogens with zero attached hydrogens (tertiary/aromatic N) is 3. The molecule has 0 unspecified atom stereocenters. The van der Waals surface area contributed by atoms with Crippen molar-refractivity contribution in [1.29, 1.82) is 0 Å². The molecular weight excluding hydrogens is 354 g/mol. The highest BCUT2D eigenvalue weighted by Crippen LogP contribution is 2.45. The molecule has 2 aromatic rings. The maximum absolute atomic E-state index is 6.26. The van der Waals surface area contributed by atoms with E-state index in [2.05, 4.69) is 29.0 Å². The van der Waals surface area contributed by atoms with Crippen molar-refractivity contribution in [2.45, 2.75) is 57.1 Å². The molecule has 1 aromatic carbocycles. The summed E-state index contributed by atoms with van der Waals surface area (Å²) in [5.74, 6) is 1.23. The summed E-state index contributed by atoms with van der Waals surface area (Å²) in [6.45, 7) is 4.15. The molecule has 0 amide bonds. The zero-order valence-corrected chi connectivity index (χ0v) is 16.6. The molecular formula is C21H27N5O2. The van der Waals surface area contributed by atoms with E-state index in [9.17, 15) is 0 Å². The second-order valence-corrected chi connectivity index (χ2v) is 8.10. The van der Waals surface area contributed by atoms with Gasteiger partial charge < -0.3 is 21.0 Å². The molecule has 0 saturated heterocycles. The van der Waals surface area contributed by atoms with Gasteiger partial charge in [0.1, 0.15) is 24.0 Å². The number of hydrogen-bond acceptors (Lipinski definition) is 7. The van der Waals surface area contributed by atoms with Crippen LogP contribution in [-0.2, 0) is 10.3 Å². The number of methoxy groups -OCH3 is 1. The first-order chi connectivity index (χ1) is 13.4. The summed E-state index contributed by atoms with van der Waals surface area (Å²) in [5.41, 5.74) is 16.2. The number of rotatable bonds is 3. The maximum Gasteiger partial charge on any atom is 0.131 e. The number of anilines is 1. The van der Waals surface area contributed by atoms with Crippen LogP contribution in [0.3, 0.4) is 0 Å². The molecule has 7 nitrogen and oxygen atoms in total. The molecule has 4 N–H and O–H groups in total. The Bertz CT molecular complexity index is 917. The molecule has 28 heavy (non-hydrogen) atoms. The van der Waals surface area contributed by atoms with E-state index < -0.39 is 5.41 Å². The van der Waals surface area contributed by atoms with E-state index in [1.807, 2.05) is 18.2 Å². The van der Waals surface area contributed by atoms with Crippen LogP contribution in [0.4, 0.5) is 5.82 Å². The minimum atomic E-state index is -0.509. The standard InChI is InChI=1S/C21H27N5O2/c1-21(2)17-18(24-11-25-20(17)23)15-9-8-14(27-3)10-16(15)19(21)26-28-13-6-4-12(22)5-7-13/h8-13H,4-7,22H2,1-3H3,(H2,23,24,25)/t12-,13+. The van der Waals surface area contributed by atoms with E-state index in [-0.39, 0.29) is 12.1 Å². The first-order valence-corrected chi connectivity index (χ1v) is 9.71. The summed E-state index contributed by atoms with van der Waals surface area (Å²) >= 11 is 0. The van der Waals surface area contributed by atoms with Crippen LogP contribution in [0, 0.1) is 0 Å². The van der Waals surface area contributed by atoms with Crippen LogP contribution < -0.4 is 16.2 Å². The Morgan fingerprint density at radius 2 is 1.86 bits per heavy atom. The molecule has 2 aliphatic carbocycles. The maximum atomic E-state index is 6.26. The fraction of sp³-hybridized carbons (Fsp3) is 0.476.